The van der Waals surface area contributed by atoms with Crippen LogP contribution in [-0.2, 0) is 6.54 Å². The third kappa shape index (κ3) is 2.51. The molecule has 0 aliphatic rings. The highest BCUT2D eigenvalue weighted by Crippen LogP contribution is 2.20. The van der Waals surface area contributed by atoms with Crippen molar-refractivity contribution < 1.29 is 9.34 Å². The molecule has 0 fully saturated rings. The van der Waals surface area contributed by atoms with E-state index in [0.717, 1.165) is 5.56 Å². The fourth-order valence-corrected chi connectivity index (χ4v) is 1.31. The summed E-state index contributed by atoms with van der Waals surface area (Å²) in [4.78, 5) is 13.9. The van der Waals surface area contributed by atoms with Crippen LogP contribution >= 0.6 is 0 Å². The van der Waals surface area contributed by atoms with Gasteiger partial charge in [-0.1, -0.05) is 0 Å². The van der Waals surface area contributed by atoms with Gasteiger partial charge in [0.2, 0.25) is 5.82 Å². The number of hydrogen-bond acceptors (Lipinski definition) is 6. The van der Waals surface area contributed by atoms with Gasteiger partial charge in [-0.15, -0.1) is 0 Å². The van der Waals surface area contributed by atoms with Crippen molar-refractivity contribution in [3.63, 3.8) is 0 Å². The van der Waals surface area contributed by atoms with Crippen molar-refractivity contribution in [2.24, 2.45) is 0 Å². The van der Waals surface area contributed by atoms with E-state index in [-0.39, 0.29) is 11.5 Å². The fraction of sp³-hybridized carbons (Fsp3) is 0.100. The van der Waals surface area contributed by atoms with E-state index < -0.39 is 4.92 Å². The molecule has 0 aromatic carbocycles. The number of aromatic nitrogens is 1. The van der Waals surface area contributed by atoms with Crippen LogP contribution in [0.2, 0.25) is 0 Å². The van der Waals surface area contributed by atoms with Crippen molar-refractivity contribution in [1.82, 2.24) is 4.98 Å². The van der Waals surface area contributed by atoms with Crippen LogP contribution in [0, 0.1) is 10.1 Å². The number of rotatable bonds is 4. The third-order valence-corrected chi connectivity index (χ3v) is 2.15. The van der Waals surface area contributed by atoms with E-state index in [2.05, 4.69) is 10.3 Å². The largest absolute Gasteiger partial charge is 0.472 e. The molecule has 0 spiro atoms. The standard InChI is InChI=1S/C10H10N4O3/c11-10-8(14(15)16)1-2-9(13-10)12-5-7-3-4-17-6-7/h1-4,6H,5H2,(H3,11,12,13). The highest BCUT2D eigenvalue weighted by atomic mass is 16.6. The van der Waals surface area contributed by atoms with Crippen LogP contribution < -0.4 is 11.1 Å². The van der Waals surface area contributed by atoms with Crippen LogP contribution in [0.1, 0.15) is 5.56 Å². The number of pyridine rings is 1. The maximum Gasteiger partial charge on any atom is 0.311 e. The van der Waals surface area contributed by atoms with Crippen molar-refractivity contribution in [1.29, 1.82) is 0 Å². The van der Waals surface area contributed by atoms with E-state index >= 15 is 0 Å². The lowest BCUT2D eigenvalue weighted by molar-refractivity contribution is -0.384. The molecule has 0 amide bonds. The van der Waals surface area contributed by atoms with Crippen LogP contribution in [0.15, 0.2) is 35.1 Å². The van der Waals surface area contributed by atoms with Gasteiger partial charge in [0.1, 0.15) is 5.82 Å². The second kappa shape index (κ2) is 4.52. The molecule has 0 aliphatic carbocycles. The Morgan fingerprint density at radius 1 is 1.47 bits per heavy atom. The summed E-state index contributed by atoms with van der Waals surface area (Å²) < 4.78 is 4.90. The molecule has 17 heavy (non-hydrogen) atoms. The van der Waals surface area contributed by atoms with Crippen molar-refractivity contribution in [2.75, 3.05) is 11.1 Å². The SMILES string of the molecule is Nc1nc(NCc2ccoc2)ccc1[N+](=O)[O-]. The number of nitrogen functional groups attached to an aromatic ring is 1. The van der Waals surface area contributed by atoms with Gasteiger partial charge in [-0.05, 0) is 12.1 Å². The van der Waals surface area contributed by atoms with Crippen molar-refractivity contribution in [2.45, 2.75) is 6.54 Å². The first-order valence-electron chi connectivity index (χ1n) is 4.82. The predicted molar refractivity (Wildman–Crippen MR) is 61.3 cm³/mol. The van der Waals surface area contributed by atoms with Gasteiger partial charge in [-0.3, -0.25) is 10.1 Å². The lowest BCUT2D eigenvalue weighted by atomic mass is 10.3. The Morgan fingerprint density at radius 2 is 2.29 bits per heavy atom. The van der Waals surface area contributed by atoms with Crippen LogP contribution in [0.5, 0.6) is 0 Å². The molecule has 88 valence electrons. The normalized spacial score (nSPS) is 10.1. The highest BCUT2D eigenvalue weighted by Gasteiger charge is 2.12. The predicted octanol–water partition coefficient (Wildman–Crippen LogP) is 1.78. The van der Waals surface area contributed by atoms with E-state index in [1.807, 2.05) is 6.07 Å². The number of hydrogen-bond donors (Lipinski definition) is 2. The third-order valence-electron chi connectivity index (χ3n) is 2.15. The first-order valence-corrected chi connectivity index (χ1v) is 4.82. The molecular formula is C10H10N4O3. The molecule has 2 aromatic rings. The summed E-state index contributed by atoms with van der Waals surface area (Å²) in [5.41, 5.74) is 6.21. The van der Waals surface area contributed by atoms with E-state index in [4.69, 9.17) is 10.2 Å². The zero-order valence-corrected chi connectivity index (χ0v) is 8.79. The smallest absolute Gasteiger partial charge is 0.311 e. The molecular weight excluding hydrogens is 224 g/mol. The van der Waals surface area contributed by atoms with Crippen molar-refractivity contribution >= 4 is 17.3 Å². The van der Waals surface area contributed by atoms with Crippen molar-refractivity contribution in [3.05, 3.63) is 46.4 Å². The van der Waals surface area contributed by atoms with Crippen LogP contribution in [-0.4, -0.2) is 9.91 Å². The Hall–Kier alpha value is -2.57. The number of nitrogens with zero attached hydrogens (tertiary/aromatic N) is 2. The molecule has 0 saturated heterocycles. The Bertz CT molecular complexity index is 524. The fourth-order valence-electron chi connectivity index (χ4n) is 1.31. The number of nitrogens with two attached hydrogens (primary N) is 1. The molecule has 2 heterocycles. The average Bonchev–Trinajstić information content (AvgIpc) is 2.78. The molecule has 0 bridgehead atoms. The number of nitro groups is 1. The Labute approximate surface area is 96.4 Å². The van der Waals surface area contributed by atoms with E-state index in [1.54, 1.807) is 12.5 Å². The minimum Gasteiger partial charge on any atom is -0.472 e. The van der Waals surface area contributed by atoms with Gasteiger partial charge < -0.3 is 15.5 Å². The summed E-state index contributed by atoms with van der Waals surface area (Å²) in [6.07, 6.45) is 3.16. The molecule has 7 heteroatoms. The maximum atomic E-state index is 10.5. The van der Waals surface area contributed by atoms with Gasteiger partial charge in [0.05, 0.1) is 17.4 Å². The summed E-state index contributed by atoms with van der Waals surface area (Å²) in [6, 6.07) is 4.64. The van der Waals surface area contributed by atoms with Gasteiger partial charge in [-0.25, -0.2) is 4.98 Å². The Balaban J connectivity index is 2.07. The maximum absolute atomic E-state index is 10.5. The summed E-state index contributed by atoms with van der Waals surface area (Å²) in [6.45, 7) is 0.515. The van der Waals surface area contributed by atoms with Crippen LogP contribution in [0.3, 0.4) is 0 Å². The minimum atomic E-state index is -0.567. The lowest BCUT2D eigenvalue weighted by Crippen LogP contribution is -2.04. The van der Waals surface area contributed by atoms with Gasteiger partial charge in [0, 0.05) is 18.2 Å². The molecule has 0 aliphatic heterocycles. The average molecular weight is 234 g/mol. The van der Waals surface area contributed by atoms with Crippen LogP contribution in [0.4, 0.5) is 17.3 Å². The molecule has 0 radical (unpaired) electrons. The number of nitrogens with one attached hydrogen (secondary N) is 1. The van der Waals surface area contributed by atoms with Gasteiger partial charge in [-0.2, -0.15) is 0 Å². The lowest BCUT2D eigenvalue weighted by Gasteiger charge is -2.04. The molecule has 2 aromatic heterocycles. The van der Waals surface area contributed by atoms with Gasteiger partial charge in [0.15, 0.2) is 0 Å². The summed E-state index contributed by atoms with van der Waals surface area (Å²) >= 11 is 0. The zero-order chi connectivity index (χ0) is 12.3. The molecule has 0 atom stereocenters. The van der Waals surface area contributed by atoms with E-state index in [9.17, 15) is 10.1 Å². The van der Waals surface area contributed by atoms with E-state index in [0.29, 0.717) is 12.4 Å². The molecule has 3 N–H and O–H groups in total. The summed E-state index contributed by atoms with van der Waals surface area (Å²) in [5.74, 6) is 0.376. The molecule has 0 unspecified atom stereocenters. The number of anilines is 2. The first kappa shape index (κ1) is 10.9. The quantitative estimate of drug-likeness (QED) is 0.616. The Kier molecular flexibility index (Phi) is 2.91. The number of furan rings is 1. The van der Waals surface area contributed by atoms with Crippen molar-refractivity contribution in [3.8, 4) is 0 Å². The first-order chi connectivity index (χ1) is 8.16. The van der Waals surface area contributed by atoms with Crippen LogP contribution in [0.25, 0.3) is 0 Å². The summed E-state index contributed by atoms with van der Waals surface area (Å²) in [5, 5.41) is 13.5. The molecule has 7 nitrogen and oxygen atoms in total. The van der Waals surface area contributed by atoms with Gasteiger partial charge >= 0.3 is 5.69 Å². The van der Waals surface area contributed by atoms with E-state index in [1.165, 1.54) is 12.1 Å². The minimum absolute atomic E-state index is 0.104. The topological polar surface area (TPSA) is 107 Å². The van der Waals surface area contributed by atoms with Gasteiger partial charge in [0.25, 0.3) is 0 Å². The monoisotopic (exact) mass is 234 g/mol. The highest BCUT2D eigenvalue weighted by molar-refractivity contribution is 5.57. The second-order valence-corrected chi connectivity index (χ2v) is 3.34. The Morgan fingerprint density at radius 3 is 2.88 bits per heavy atom. The molecule has 2 rings (SSSR count). The second-order valence-electron chi connectivity index (χ2n) is 3.34. The molecule has 0 saturated carbocycles. The summed E-state index contributed by atoms with van der Waals surface area (Å²) in [7, 11) is 0. The zero-order valence-electron chi connectivity index (χ0n) is 8.79.